The summed E-state index contributed by atoms with van der Waals surface area (Å²) in [6.45, 7) is 4.36. The highest BCUT2D eigenvalue weighted by atomic mass is 15.3. The minimum atomic E-state index is 0.521. The summed E-state index contributed by atoms with van der Waals surface area (Å²) in [5.41, 5.74) is 2.62. The molecular formula is C13H17N3. The van der Waals surface area contributed by atoms with Gasteiger partial charge in [0.2, 0.25) is 0 Å². The smallest absolute Gasteiger partial charge is 0.0715 e. The molecule has 0 radical (unpaired) electrons. The second kappa shape index (κ2) is 3.91. The maximum Gasteiger partial charge on any atom is 0.0715 e. The van der Waals surface area contributed by atoms with E-state index >= 15 is 0 Å². The molecule has 1 aromatic carbocycles. The van der Waals surface area contributed by atoms with Crippen LogP contribution < -0.4 is 5.32 Å². The average molecular weight is 215 g/mol. The molecule has 1 N–H and O–H groups in total. The zero-order chi connectivity index (χ0) is 11.0. The number of hydrogen-bond acceptors (Lipinski definition) is 2. The molecule has 1 aliphatic rings. The van der Waals surface area contributed by atoms with Gasteiger partial charge in [-0.05, 0) is 31.9 Å². The Labute approximate surface area is 95.5 Å². The Bertz CT molecular complexity index is 495. The monoisotopic (exact) mass is 215 g/mol. The Morgan fingerprint density at radius 3 is 3.19 bits per heavy atom. The number of hydrogen-bond donors (Lipinski definition) is 1. The zero-order valence-corrected chi connectivity index (χ0v) is 9.61. The fraction of sp³-hybridized carbons (Fsp3) is 0.462. The van der Waals surface area contributed by atoms with E-state index in [2.05, 4.69) is 40.2 Å². The van der Waals surface area contributed by atoms with Gasteiger partial charge in [-0.15, -0.1) is 0 Å². The second-order valence-corrected chi connectivity index (χ2v) is 4.60. The van der Waals surface area contributed by atoms with Gasteiger partial charge in [0, 0.05) is 11.9 Å². The summed E-state index contributed by atoms with van der Waals surface area (Å²) < 4.78 is 2.21. The molecule has 1 aromatic heterocycles. The SMILES string of the molecule is Cc1cccc2cnn(C3CCCNC3)c12. The van der Waals surface area contributed by atoms with Crippen LogP contribution in [0.3, 0.4) is 0 Å². The van der Waals surface area contributed by atoms with Crippen LogP contribution in [0.4, 0.5) is 0 Å². The van der Waals surface area contributed by atoms with Gasteiger partial charge >= 0.3 is 0 Å². The largest absolute Gasteiger partial charge is 0.315 e. The summed E-state index contributed by atoms with van der Waals surface area (Å²) in [6, 6.07) is 6.93. The quantitative estimate of drug-likeness (QED) is 0.791. The van der Waals surface area contributed by atoms with Crippen LogP contribution >= 0.6 is 0 Å². The lowest BCUT2D eigenvalue weighted by molar-refractivity contribution is 0.354. The molecule has 1 saturated heterocycles. The molecule has 3 nitrogen and oxygen atoms in total. The van der Waals surface area contributed by atoms with E-state index < -0.39 is 0 Å². The van der Waals surface area contributed by atoms with Gasteiger partial charge in [0.1, 0.15) is 0 Å². The fourth-order valence-corrected chi connectivity index (χ4v) is 2.60. The number of benzene rings is 1. The fourth-order valence-electron chi connectivity index (χ4n) is 2.60. The third-order valence-corrected chi connectivity index (χ3v) is 3.44. The van der Waals surface area contributed by atoms with Crippen molar-refractivity contribution in [1.29, 1.82) is 0 Å². The lowest BCUT2D eigenvalue weighted by Crippen LogP contribution is -2.32. The van der Waals surface area contributed by atoms with Gasteiger partial charge in [-0.1, -0.05) is 18.2 Å². The van der Waals surface area contributed by atoms with E-state index in [1.165, 1.54) is 29.3 Å². The highest BCUT2D eigenvalue weighted by Crippen LogP contribution is 2.24. The normalized spacial score (nSPS) is 21.4. The summed E-state index contributed by atoms with van der Waals surface area (Å²) in [6.07, 6.45) is 4.47. The number of para-hydroxylation sites is 1. The van der Waals surface area contributed by atoms with Crippen LogP contribution in [0.15, 0.2) is 24.4 Å². The Morgan fingerprint density at radius 1 is 1.44 bits per heavy atom. The number of fused-ring (bicyclic) bond motifs is 1. The number of aromatic nitrogens is 2. The first-order chi connectivity index (χ1) is 7.86. The Kier molecular flexibility index (Phi) is 2.40. The van der Waals surface area contributed by atoms with Crippen LogP contribution in [0.1, 0.15) is 24.4 Å². The zero-order valence-electron chi connectivity index (χ0n) is 9.61. The lowest BCUT2D eigenvalue weighted by atomic mass is 10.1. The van der Waals surface area contributed by atoms with Gasteiger partial charge in [0.25, 0.3) is 0 Å². The first-order valence-corrected chi connectivity index (χ1v) is 6.00. The van der Waals surface area contributed by atoms with Gasteiger partial charge in [-0.2, -0.15) is 5.10 Å². The summed E-state index contributed by atoms with van der Waals surface area (Å²) in [5.74, 6) is 0. The van der Waals surface area contributed by atoms with Crippen LogP contribution in [0.2, 0.25) is 0 Å². The van der Waals surface area contributed by atoms with Crippen LogP contribution in [-0.4, -0.2) is 22.9 Å². The Morgan fingerprint density at radius 2 is 2.38 bits per heavy atom. The first-order valence-electron chi connectivity index (χ1n) is 6.00. The van der Waals surface area contributed by atoms with Crippen molar-refractivity contribution in [2.45, 2.75) is 25.8 Å². The maximum atomic E-state index is 4.56. The van der Waals surface area contributed by atoms with Crippen molar-refractivity contribution in [2.24, 2.45) is 0 Å². The second-order valence-electron chi connectivity index (χ2n) is 4.60. The highest BCUT2D eigenvalue weighted by Gasteiger charge is 2.17. The molecule has 0 saturated carbocycles. The standard InChI is InChI=1S/C13H17N3/c1-10-4-2-5-11-8-15-16(13(10)11)12-6-3-7-14-9-12/h2,4-5,8,12,14H,3,6-7,9H2,1H3. The predicted molar refractivity (Wildman–Crippen MR) is 65.6 cm³/mol. The molecule has 0 amide bonds. The van der Waals surface area contributed by atoms with Crippen molar-refractivity contribution in [3.05, 3.63) is 30.0 Å². The molecule has 2 aromatic rings. The van der Waals surface area contributed by atoms with Crippen molar-refractivity contribution >= 4 is 10.9 Å². The molecular weight excluding hydrogens is 198 g/mol. The van der Waals surface area contributed by atoms with Gasteiger partial charge in [-0.3, -0.25) is 4.68 Å². The molecule has 3 heteroatoms. The number of piperidine rings is 1. The Balaban J connectivity index is 2.09. The van der Waals surface area contributed by atoms with Crippen molar-refractivity contribution in [3.63, 3.8) is 0 Å². The summed E-state index contributed by atoms with van der Waals surface area (Å²) >= 11 is 0. The molecule has 0 spiro atoms. The van der Waals surface area contributed by atoms with E-state index in [9.17, 15) is 0 Å². The summed E-state index contributed by atoms with van der Waals surface area (Å²) in [5, 5.41) is 9.26. The molecule has 0 aliphatic carbocycles. The molecule has 3 rings (SSSR count). The van der Waals surface area contributed by atoms with Gasteiger partial charge < -0.3 is 5.32 Å². The molecule has 1 fully saturated rings. The van der Waals surface area contributed by atoms with Crippen LogP contribution in [0.5, 0.6) is 0 Å². The molecule has 84 valence electrons. The predicted octanol–water partition coefficient (Wildman–Crippen LogP) is 2.27. The minimum Gasteiger partial charge on any atom is -0.315 e. The molecule has 2 heterocycles. The molecule has 1 aliphatic heterocycles. The number of nitrogens with one attached hydrogen (secondary N) is 1. The van der Waals surface area contributed by atoms with E-state index in [1.807, 2.05) is 6.20 Å². The van der Waals surface area contributed by atoms with E-state index in [-0.39, 0.29) is 0 Å². The molecule has 1 unspecified atom stereocenters. The van der Waals surface area contributed by atoms with Crippen LogP contribution in [0, 0.1) is 6.92 Å². The topological polar surface area (TPSA) is 29.9 Å². The van der Waals surface area contributed by atoms with Crippen LogP contribution in [0.25, 0.3) is 10.9 Å². The maximum absolute atomic E-state index is 4.56. The molecule has 0 bridgehead atoms. The summed E-state index contributed by atoms with van der Waals surface area (Å²) in [7, 11) is 0. The van der Waals surface area contributed by atoms with Crippen molar-refractivity contribution in [3.8, 4) is 0 Å². The highest BCUT2D eigenvalue weighted by molar-refractivity contribution is 5.81. The minimum absolute atomic E-state index is 0.521. The van der Waals surface area contributed by atoms with Gasteiger partial charge in [-0.25, -0.2) is 0 Å². The lowest BCUT2D eigenvalue weighted by Gasteiger charge is -2.24. The van der Waals surface area contributed by atoms with Crippen molar-refractivity contribution in [1.82, 2.24) is 15.1 Å². The Hall–Kier alpha value is -1.35. The first kappa shape index (κ1) is 9.85. The summed E-state index contributed by atoms with van der Waals surface area (Å²) in [4.78, 5) is 0. The van der Waals surface area contributed by atoms with Gasteiger partial charge in [0.15, 0.2) is 0 Å². The average Bonchev–Trinajstić information content (AvgIpc) is 2.75. The third-order valence-electron chi connectivity index (χ3n) is 3.44. The molecule has 1 atom stereocenters. The van der Waals surface area contributed by atoms with E-state index in [0.29, 0.717) is 6.04 Å². The van der Waals surface area contributed by atoms with Gasteiger partial charge in [0.05, 0.1) is 17.8 Å². The third kappa shape index (κ3) is 1.52. The van der Waals surface area contributed by atoms with Crippen LogP contribution in [-0.2, 0) is 0 Å². The number of rotatable bonds is 1. The number of nitrogens with zero attached hydrogens (tertiary/aromatic N) is 2. The number of aryl methyl sites for hydroxylation is 1. The van der Waals surface area contributed by atoms with E-state index in [1.54, 1.807) is 0 Å². The van der Waals surface area contributed by atoms with E-state index in [4.69, 9.17) is 0 Å². The van der Waals surface area contributed by atoms with Crippen molar-refractivity contribution in [2.75, 3.05) is 13.1 Å². The van der Waals surface area contributed by atoms with E-state index in [0.717, 1.165) is 13.1 Å². The molecule has 16 heavy (non-hydrogen) atoms. The van der Waals surface area contributed by atoms with Crippen molar-refractivity contribution < 1.29 is 0 Å².